The van der Waals surface area contributed by atoms with Crippen molar-refractivity contribution in [1.82, 2.24) is 9.80 Å². The maximum absolute atomic E-state index is 13.6. The van der Waals surface area contributed by atoms with E-state index < -0.39 is 11.6 Å². The smallest absolute Gasteiger partial charge is 0.253 e. The predicted octanol–water partition coefficient (Wildman–Crippen LogP) is 4.14. The SMILES string of the molecule is CN(CCN(C)C1CCCC1)C(=O)c1cccc(-c2cccc(F)c2O)c1. The Morgan fingerprint density at radius 3 is 2.56 bits per heavy atom. The number of carbonyl (C=O) groups is 1. The second-order valence-corrected chi connectivity index (χ2v) is 7.36. The molecule has 27 heavy (non-hydrogen) atoms. The van der Waals surface area contributed by atoms with Crippen LogP contribution in [0.15, 0.2) is 42.5 Å². The number of phenolic OH excluding ortho intramolecular Hbond substituents is 1. The maximum atomic E-state index is 13.6. The average Bonchev–Trinajstić information content (AvgIpc) is 3.22. The lowest BCUT2D eigenvalue weighted by atomic mass is 10.0. The van der Waals surface area contributed by atoms with Crippen LogP contribution in [0, 0.1) is 5.82 Å². The number of para-hydroxylation sites is 1. The normalized spacial score (nSPS) is 14.7. The lowest BCUT2D eigenvalue weighted by molar-refractivity contribution is 0.0774. The van der Waals surface area contributed by atoms with Crippen molar-refractivity contribution in [3.05, 3.63) is 53.8 Å². The van der Waals surface area contributed by atoms with E-state index in [4.69, 9.17) is 0 Å². The van der Waals surface area contributed by atoms with E-state index in [0.717, 1.165) is 6.54 Å². The molecule has 0 bridgehead atoms. The van der Waals surface area contributed by atoms with Crippen LogP contribution >= 0.6 is 0 Å². The quantitative estimate of drug-likeness (QED) is 0.831. The first-order valence-electron chi connectivity index (χ1n) is 9.51. The number of aromatic hydroxyl groups is 1. The predicted molar refractivity (Wildman–Crippen MR) is 105 cm³/mol. The van der Waals surface area contributed by atoms with Crippen molar-refractivity contribution in [3.63, 3.8) is 0 Å². The summed E-state index contributed by atoms with van der Waals surface area (Å²) in [5.74, 6) is -1.14. The van der Waals surface area contributed by atoms with E-state index in [9.17, 15) is 14.3 Å². The van der Waals surface area contributed by atoms with Crippen LogP contribution in [0.4, 0.5) is 4.39 Å². The Morgan fingerprint density at radius 1 is 1.11 bits per heavy atom. The Morgan fingerprint density at radius 2 is 1.81 bits per heavy atom. The number of carbonyl (C=O) groups excluding carboxylic acids is 1. The van der Waals surface area contributed by atoms with Gasteiger partial charge < -0.3 is 14.9 Å². The summed E-state index contributed by atoms with van der Waals surface area (Å²) in [4.78, 5) is 16.8. The molecule has 1 fully saturated rings. The number of halogens is 1. The van der Waals surface area contributed by atoms with Gasteiger partial charge in [0.05, 0.1) is 0 Å². The standard InChI is InChI=1S/C22H27FN2O2/c1-24(18-9-3-4-10-18)13-14-25(2)22(27)17-8-5-7-16(15-17)19-11-6-12-20(23)21(19)26/h5-8,11-12,15,18,26H,3-4,9-10,13-14H2,1-2H3. The molecule has 0 heterocycles. The molecule has 144 valence electrons. The van der Waals surface area contributed by atoms with Crippen molar-refractivity contribution in [1.29, 1.82) is 0 Å². The van der Waals surface area contributed by atoms with E-state index >= 15 is 0 Å². The molecule has 1 aliphatic rings. The molecule has 0 spiro atoms. The molecule has 4 nitrogen and oxygen atoms in total. The molecule has 3 rings (SSSR count). The highest BCUT2D eigenvalue weighted by molar-refractivity contribution is 5.95. The third-order valence-corrected chi connectivity index (χ3v) is 5.49. The molecule has 2 aromatic carbocycles. The second kappa shape index (κ2) is 8.53. The van der Waals surface area contributed by atoms with Crippen LogP contribution < -0.4 is 0 Å². The largest absolute Gasteiger partial charge is 0.504 e. The number of benzene rings is 2. The van der Waals surface area contributed by atoms with Gasteiger partial charge in [-0.2, -0.15) is 0 Å². The van der Waals surface area contributed by atoms with E-state index in [1.807, 2.05) is 0 Å². The van der Waals surface area contributed by atoms with Crippen molar-refractivity contribution >= 4 is 5.91 Å². The van der Waals surface area contributed by atoms with Crippen LogP contribution in [0.25, 0.3) is 11.1 Å². The summed E-state index contributed by atoms with van der Waals surface area (Å²) in [7, 11) is 3.93. The molecule has 0 atom stereocenters. The molecular weight excluding hydrogens is 343 g/mol. The van der Waals surface area contributed by atoms with Crippen molar-refractivity contribution in [2.24, 2.45) is 0 Å². The van der Waals surface area contributed by atoms with E-state index in [1.54, 1.807) is 48.3 Å². The summed E-state index contributed by atoms with van der Waals surface area (Å²) >= 11 is 0. The van der Waals surface area contributed by atoms with Gasteiger partial charge in [0.2, 0.25) is 0 Å². The summed E-state index contributed by atoms with van der Waals surface area (Å²) < 4.78 is 13.6. The number of hydrogen-bond donors (Lipinski definition) is 1. The van der Waals surface area contributed by atoms with Crippen LogP contribution in [-0.2, 0) is 0 Å². The first-order valence-corrected chi connectivity index (χ1v) is 9.51. The number of phenols is 1. The lowest BCUT2D eigenvalue weighted by Crippen LogP contribution is -2.38. The third-order valence-electron chi connectivity index (χ3n) is 5.49. The average molecular weight is 370 g/mol. The Hall–Kier alpha value is -2.40. The molecule has 0 radical (unpaired) electrons. The number of amides is 1. The third kappa shape index (κ3) is 4.48. The van der Waals surface area contributed by atoms with E-state index in [-0.39, 0.29) is 5.91 Å². The highest BCUT2D eigenvalue weighted by Gasteiger charge is 2.20. The fraction of sp³-hybridized carbons (Fsp3) is 0.409. The highest BCUT2D eigenvalue weighted by Crippen LogP contribution is 2.31. The topological polar surface area (TPSA) is 43.8 Å². The van der Waals surface area contributed by atoms with Crippen molar-refractivity contribution in [2.75, 3.05) is 27.2 Å². The van der Waals surface area contributed by atoms with Crippen molar-refractivity contribution < 1.29 is 14.3 Å². The number of likely N-dealkylation sites (N-methyl/N-ethyl adjacent to an activating group) is 2. The molecule has 2 aromatic rings. The van der Waals surface area contributed by atoms with Crippen LogP contribution in [-0.4, -0.2) is 54.0 Å². The van der Waals surface area contributed by atoms with Crippen LogP contribution in [0.1, 0.15) is 36.0 Å². The molecule has 0 unspecified atom stereocenters. The number of hydrogen-bond acceptors (Lipinski definition) is 3. The fourth-order valence-electron chi connectivity index (χ4n) is 3.73. The molecule has 1 aliphatic carbocycles. The van der Waals surface area contributed by atoms with Gasteiger partial charge in [-0.05, 0) is 43.7 Å². The minimum Gasteiger partial charge on any atom is -0.504 e. The molecule has 0 aliphatic heterocycles. The maximum Gasteiger partial charge on any atom is 0.253 e. The molecule has 1 N–H and O–H groups in total. The fourth-order valence-corrected chi connectivity index (χ4v) is 3.73. The lowest BCUT2D eigenvalue weighted by Gasteiger charge is -2.27. The molecule has 0 saturated heterocycles. The first-order chi connectivity index (χ1) is 13.0. The Kier molecular flexibility index (Phi) is 6.11. The summed E-state index contributed by atoms with van der Waals surface area (Å²) in [6.45, 7) is 1.50. The summed E-state index contributed by atoms with van der Waals surface area (Å²) in [5.41, 5.74) is 1.53. The molecule has 1 amide bonds. The minimum absolute atomic E-state index is 0.0763. The van der Waals surface area contributed by atoms with Gasteiger partial charge in [-0.15, -0.1) is 0 Å². The van der Waals surface area contributed by atoms with Gasteiger partial charge in [-0.25, -0.2) is 4.39 Å². The van der Waals surface area contributed by atoms with Gasteiger partial charge in [0.15, 0.2) is 11.6 Å². The summed E-state index contributed by atoms with van der Waals surface area (Å²) in [6.07, 6.45) is 5.08. The molecule has 5 heteroatoms. The Balaban J connectivity index is 1.68. The van der Waals surface area contributed by atoms with Crippen molar-refractivity contribution in [3.8, 4) is 16.9 Å². The number of nitrogens with zero attached hydrogens (tertiary/aromatic N) is 2. The highest BCUT2D eigenvalue weighted by atomic mass is 19.1. The van der Waals surface area contributed by atoms with Crippen LogP contribution in [0.2, 0.25) is 0 Å². The van der Waals surface area contributed by atoms with Gasteiger partial charge in [0.25, 0.3) is 5.91 Å². The van der Waals surface area contributed by atoms with Gasteiger partial charge in [0, 0.05) is 37.3 Å². The zero-order valence-electron chi connectivity index (χ0n) is 16.0. The van der Waals surface area contributed by atoms with Gasteiger partial charge in [0.1, 0.15) is 0 Å². The van der Waals surface area contributed by atoms with Crippen LogP contribution in [0.3, 0.4) is 0 Å². The van der Waals surface area contributed by atoms with E-state index in [1.165, 1.54) is 31.7 Å². The zero-order valence-corrected chi connectivity index (χ0v) is 16.0. The molecule has 0 aromatic heterocycles. The van der Waals surface area contributed by atoms with Gasteiger partial charge in [-0.1, -0.05) is 37.1 Å². The Bertz CT molecular complexity index is 803. The minimum atomic E-state index is -0.670. The van der Waals surface area contributed by atoms with E-state index in [0.29, 0.717) is 29.3 Å². The van der Waals surface area contributed by atoms with Crippen molar-refractivity contribution in [2.45, 2.75) is 31.7 Å². The summed E-state index contributed by atoms with van der Waals surface area (Å²) in [5, 5.41) is 9.96. The van der Waals surface area contributed by atoms with Gasteiger partial charge >= 0.3 is 0 Å². The van der Waals surface area contributed by atoms with E-state index in [2.05, 4.69) is 11.9 Å². The molecule has 1 saturated carbocycles. The zero-order chi connectivity index (χ0) is 19.4. The number of rotatable bonds is 6. The second-order valence-electron chi connectivity index (χ2n) is 7.36. The monoisotopic (exact) mass is 370 g/mol. The summed E-state index contributed by atoms with van der Waals surface area (Å²) in [6, 6.07) is 12.0. The molecular formula is C22H27FN2O2. The Labute approximate surface area is 160 Å². The first kappa shape index (κ1) is 19.4. The van der Waals surface area contributed by atoms with Gasteiger partial charge in [-0.3, -0.25) is 4.79 Å². The van der Waals surface area contributed by atoms with Crippen LogP contribution in [0.5, 0.6) is 5.75 Å².